The number of hydrogen-bond donors (Lipinski definition) is 0. The van der Waals surface area contributed by atoms with Crippen molar-refractivity contribution in [3.63, 3.8) is 0 Å². The van der Waals surface area contributed by atoms with Gasteiger partial charge in [0.2, 0.25) is 0 Å². The van der Waals surface area contributed by atoms with Crippen LogP contribution in [0.5, 0.6) is 11.5 Å². The second-order valence-electron chi connectivity index (χ2n) is 3.30. The van der Waals surface area contributed by atoms with Crippen LogP contribution in [0.4, 0.5) is 13.2 Å². The Morgan fingerprint density at radius 3 is 2.21 bits per heavy atom. The number of ether oxygens (including phenoxy) is 3. The summed E-state index contributed by atoms with van der Waals surface area (Å²) in [6.07, 6.45) is -4.62. The fourth-order valence-electron chi connectivity index (χ4n) is 1.20. The molecule has 0 amide bonds. The van der Waals surface area contributed by atoms with Gasteiger partial charge in [-0.05, 0) is 24.6 Å². The van der Waals surface area contributed by atoms with Crippen LogP contribution in [0.15, 0.2) is 18.2 Å². The minimum absolute atomic E-state index is 0.196. The standard InChI is InChI=1S/C11H13F3O3.C2H6/c1-8-3-4-9(10(7-8)15-2)16-5-6-17-11(12,13)14;1-2/h3-4,7H,5-6H2,1-2H3;1-2H3. The Balaban J connectivity index is 0.00000154. The van der Waals surface area contributed by atoms with Crippen LogP contribution in [-0.4, -0.2) is 26.7 Å². The van der Waals surface area contributed by atoms with Crippen molar-refractivity contribution in [1.29, 1.82) is 0 Å². The van der Waals surface area contributed by atoms with E-state index in [0.717, 1.165) is 5.56 Å². The van der Waals surface area contributed by atoms with E-state index < -0.39 is 13.0 Å². The molecular formula is C13H19F3O3. The lowest BCUT2D eigenvalue weighted by Crippen LogP contribution is -2.18. The lowest BCUT2D eigenvalue weighted by Gasteiger charge is -2.12. The van der Waals surface area contributed by atoms with E-state index in [1.807, 2.05) is 20.8 Å². The zero-order valence-electron chi connectivity index (χ0n) is 11.5. The summed E-state index contributed by atoms with van der Waals surface area (Å²) in [5.41, 5.74) is 0.973. The molecule has 1 aromatic carbocycles. The van der Waals surface area contributed by atoms with Gasteiger partial charge in [-0.2, -0.15) is 0 Å². The van der Waals surface area contributed by atoms with Crippen molar-refractivity contribution in [1.82, 2.24) is 0 Å². The largest absolute Gasteiger partial charge is 0.522 e. The Labute approximate surface area is 111 Å². The molecule has 3 nitrogen and oxygen atoms in total. The molecule has 1 rings (SSSR count). The molecule has 0 fully saturated rings. The summed E-state index contributed by atoms with van der Waals surface area (Å²) in [6.45, 7) is 5.12. The van der Waals surface area contributed by atoms with Crippen LogP contribution in [-0.2, 0) is 4.74 Å². The monoisotopic (exact) mass is 280 g/mol. The van der Waals surface area contributed by atoms with E-state index in [1.165, 1.54) is 7.11 Å². The topological polar surface area (TPSA) is 27.7 Å². The van der Waals surface area contributed by atoms with Crippen molar-refractivity contribution in [3.8, 4) is 11.5 Å². The van der Waals surface area contributed by atoms with Crippen LogP contribution < -0.4 is 9.47 Å². The molecule has 6 heteroatoms. The first-order valence-corrected chi connectivity index (χ1v) is 5.90. The Hall–Kier alpha value is -1.43. The summed E-state index contributed by atoms with van der Waals surface area (Å²) < 4.78 is 48.8. The molecule has 0 saturated carbocycles. The number of hydrogen-bond acceptors (Lipinski definition) is 3. The fraction of sp³-hybridized carbons (Fsp3) is 0.538. The van der Waals surface area contributed by atoms with Gasteiger partial charge in [-0.15, -0.1) is 13.2 Å². The van der Waals surface area contributed by atoms with E-state index in [1.54, 1.807) is 18.2 Å². The van der Waals surface area contributed by atoms with Gasteiger partial charge in [0.15, 0.2) is 11.5 Å². The van der Waals surface area contributed by atoms with Gasteiger partial charge in [0, 0.05) is 0 Å². The highest BCUT2D eigenvalue weighted by Crippen LogP contribution is 2.27. The van der Waals surface area contributed by atoms with Crippen molar-refractivity contribution in [2.24, 2.45) is 0 Å². The van der Waals surface area contributed by atoms with E-state index in [4.69, 9.17) is 9.47 Å². The van der Waals surface area contributed by atoms with Gasteiger partial charge in [0.05, 0.1) is 13.7 Å². The summed E-state index contributed by atoms with van der Waals surface area (Å²) in [5.74, 6) is 0.876. The number of methoxy groups -OCH3 is 1. The summed E-state index contributed by atoms with van der Waals surface area (Å²) in [6, 6.07) is 5.16. The van der Waals surface area contributed by atoms with Crippen molar-refractivity contribution in [2.45, 2.75) is 27.1 Å². The summed E-state index contributed by atoms with van der Waals surface area (Å²) in [7, 11) is 1.47. The number of aryl methyl sites for hydroxylation is 1. The van der Waals surface area contributed by atoms with E-state index in [9.17, 15) is 13.2 Å². The van der Waals surface area contributed by atoms with Gasteiger partial charge >= 0.3 is 6.36 Å². The Morgan fingerprint density at radius 1 is 1.05 bits per heavy atom. The number of alkyl halides is 3. The molecule has 0 heterocycles. The molecule has 0 aromatic heterocycles. The Bertz CT molecular complexity index is 365. The average Bonchev–Trinajstić information content (AvgIpc) is 2.37. The first kappa shape index (κ1) is 17.6. The summed E-state index contributed by atoms with van der Waals surface area (Å²) >= 11 is 0. The van der Waals surface area contributed by atoms with Crippen molar-refractivity contribution >= 4 is 0 Å². The molecule has 110 valence electrons. The lowest BCUT2D eigenvalue weighted by molar-refractivity contribution is -0.325. The van der Waals surface area contributed by atoms with Gasteiger partial charge < -0.3 is 9.47 Å². The third-order valence-corrected chi connectivity index (χ3v) is 1.93. The molecule has 0 aliphatic carbocycles. The van der Waals surface area contributed by atoms with Crippen LogP contribution in [0.1, 0.15) is 19.4 Å². The number of halogens is 3. The second kappa shape index (κ2) is 8.63. The smallest absolute Gasteiger partial charge is 0.493 e. The molecule has 0 N–H and O–H groups in total. The zero-order valence-corrected chi connectivity index (χ0v) is 11.5. The molecular weight excluding hydrogens is 261 g/mol. The second-order valence-corrected chi connectivity index (χ2v) is 3.30. The van der Waals surface area contributed by atoms with Crippen molar-refractivity contribution in [3.05, 3.63) is 23.8 Å². The fourth-order valence-corrected chi connectivity index (χ4v) is 1.20. The predicted molar refractivity (Wildman–Crippen MR) is 66.6 cm³/mol. The van der Waals surface area contributed by atoms with Gasteiger partial charge in [-0.3, -0.25) is 4.74 Å². The predicted octanol–water partition coefficient (Wildman–Crippen LogP) is 3.95. The molecule has 19 heavy (non-hydrogen) atoms. The zero-order chi connectivity index (χ0) is 14.9. The minimum atomic E-state index is -4.62. The van der Waals surface area contributed by atoms with Gasteiger partial charge in [0.25, 0.3) is 0 Å². The van der Waals surface area contributed by atoms with Gasteiger partial charge in [-0.1, -0.05) is 19.9 Å². The highest BCUT2D eigenvalue weighted by Gasteiger charge is 2.28. The quantitative estimate of drug-likeness (QED) is 0.764. The summed E-state index contributed by atoms with van der Waals surface area (Å²) in [4.78, 5) is 0. The molecule has 0 atom stereocenters. The van der Waals surface area contributed by atoms with Crippen molar-refractivity contribution < 1.29 is 27.4 Å². The van der Waals surface area contributed by atoms with E-state index in [0.29, 0.717) is 11.5 Å². The Morgan fingerprint density at radius 2 is 1.68 bits per heavy atom. The Kier molecular flexibility index (Phi) is 7.98. The molecule has 0 saturated heterocycles. The highest BCUT2D eigenvalue weighted by molar-refractivity contribution is 5.42. The number of benzene rings is 1. The van der Waals surface area contributed by atoms with Crippen LogP contribution in [0, 0.1) is 6.92 Å². The first-order chi connectivity index (χ1) is 8.92. The van der Waals surface area contributed by atoms with E-state index in [-0.39, 0.29) is 6.61 Å². The van der Waals surface area contributed by atoms with Gasteiger partial charge in [-0.25, -0.2) is 0 Å². The maximum Gasteiger partial charge on any atom is 0.522 e. The third kappa shape index (κ3) is 7.56. The molecule has 0 radical (unpaired) electrons. The maximum absolute atomic E-state index is 11.7. The molecule has 0 aliphatic rings. The van der Waals surface area contributed by atoms with Crippen LogP contribution in [0.25, 0.3) is 0 Å². The lowest BCUT2D eigenvalue weighted by atomic mass is 10.2. The van der Waals surface area contributed by atoms with Crippen LogP contribution >= 0.6 is 0 Å². The first-order valence-electron chi connectivity index (χ1n) is 5.90. The molecule has 0 bridgehead atoms. The minimum Gasteiger partial charge on any atom is -0.493 e. The van der Waals surface area contributed by atoms with E-state index in [2.05, 4.69) is 4.74 Å². The average molecular weight is 280 g/mol. The SMILES string of the molecule is CC.COc1cc(C)ccc1OCCOC(F)(F)F. The molecule has 0 spiro atoms. The normalized spacial score (nSPS) is 10.5. The van der Waals surface area contributed by atoms with Crippen LogP contribution in [0.3, 0.4) is 0 Å². The molecule has 0 aliphatic heterocycles. The molecule has 1 aromatic rings. The maximum atomic E-state index is 11.7. The summed E-state index contributed by atoms with van der Waals surface area (Å²) in [5, 5.41) is 0. The van der Waals surface area contributed by atoms with Crippen LogP contribution in [0.2, 0.25) is 0 Å². The third-order valence-electron chi connectivity index (χ3n) is 1.93. The van der Waals surface area contributed by atoms with Crippen molar-refractivity contribution in [2.75, 3.05) is 20.3 Å². The van der Waals surface area contributed by atoms with Gasteiger partial charge in [0.1, 0.15) is 6.61 Å². The highest BCUT2D eigenvalue weighted by atomic mass is 19.4. The van der Waals surface area contributed by atoms with E-state index >= 15 is 0 Å². The molecule has 0 unspecified atom stereocenters. The number of rotatable bonds is 5.